The summed E-state index contributed by atoms with van der Waals surface area (Å²) in [6, 6.07) is 4.61. The Hall–Kier alpha value is -1.60. The second-order valence-corrected chi connectivity index (χ2v) is 6.21. The van der Waals surface area contributed by atoms with Gasteiger partial charge in [-0.25, -0.2) is 8.42 Å². The minimum absolute atomic E-state index is 0.00727. The lowest BCUT2D eigenvalue weighted by atomic mass is 10.0. The Morgan fingerprint density at radius 1 is 1.35 bits per heavy atom. The fourth-order valence-electron chi connectivity index (χ4n) is 1.64. The first-order valence-corrected chi connectivity index (χ1v) is 7.69. The zero-order valence-electron chi connectivity index (χ0n) is 11.7. The summed E-state index contributed by atoms with van der Waals surface area (Å²) in [5, 5.41) is 9.12. The molecule has 0 radical (unpaired) electrons. The molecule has 0 aromatic heterocycles. The van der Waals surface area contributed by atoms with Gasteiger partial charge in [0.1, 0.15) is 11.8 Å². The number of aliphatic carboxylic acids is 1. The van der Waals surface area contributed by atoms with E-state index in [9.17, 15) is 13.2 Å². The Bertz CT molecular complexity index is 553. The third-order valence-corrected chi connectivity index (χ3v) is 4.59. The van der Waals surface area contributed by atoms with Crippen molar-refractivity contribution < 1.29 is 23.1 Å². The predicted octanol–water partition coefficient (Wildman–Crippen LogP) is 1.47. The van der Waals surface area contributed by atoms with Gasteiger partial charge in [0.25, 0.3) is 0 Å². The van der Waals surface area contributed by atoms with Crippen LogP contribution in [0.1, 0.15) is 20.3 Å². The van der Waals surface area contributed by atoms with E-state index in [-0.39, 0.29) is 10.8 Å². The van der Waals surface area contributed by atoms with Gasteiger partial charge in [-0.1, -0.05) is 20.3 Å². The van der Waals surface area contributed by atoms with E-state index in [1.165, 1.54) is 31.4 Å². The average molecular weight is 301 g/mol. The Morgan fingerprint density at radius 3 is 2.30 bits per heavy atom. The highest BCUT2D eigenvalue weighted by atomic mass is 32.2. The fraction of sp³-hybridized carbons (Fsp3) is 0.462. The highest BCUT2D eigenvalue weighted by molar-refractivity contribution is 7.89. The van der Waals surface area contributed by atoms with Gasteiger partial charge in [-0.15, -0.1) is 0 Å². The van der Waals surface area contributed by atoms with Crippen molar-refractivity contribution >= 4 is 16.0 Å². The molecule has 0 aliphatic rings. The second kappa shape index (κ2) is 6.71. The topological polar surface area (TPSA) is 92.7 Å². The van der Waals surface area contributed by atoms with Crippen LogP contribution in [-0.2, 0) is 14.8 Å². The van der Waals surface area contributed by atoms with Gasteiger partial charge in [0.2, 0.25) is 10.0 Å². The summed E-state index contributed by atoms with van der Waals surface area (Å²) >= 11 is 0. The summed E-state index contributed by atoms with van der Waals surface area (Å²) < 4.78 is 31.5. The maximum atomic E-state index is 12.2. The molecule has 2 atom stereocenters. The third kappa shape index (κ3) is 3.94. The molecule has 1 aromatic rings. The number of methoxy groups -OCH3 is 1. The first-order chi connectivity index (χ1) is 9.31. The summed E-state index contributed by atoms with van der Waals surface area (Å²) in [6.07, 6.45) is 0.558. The molecule has 112 valence electrons. The highest BCUT2D eigenvalue weighted by Crippen LogP contribution is 2.17. The first-order valence-electron chi connectivity index (χ1n) is 6.21. The normalized spacial score (nSPS) is 14.6. The maximum absolute atomic E-state index is 12.2. The van der Waals surface area contributed by atoms with Gasteiger partial charge in [0.15, 0.2) is 0 Å². The second-order valence-electron chi connectivity index (χ2n) is 4.50. The molecule has 0 heterocycles. The number of rotatable bonds is 7. The summed E-state index contributed by atoms with van der Waals surface area (Å²) in [5.41, 5.74) is 0. The standard InChI is InChI=1S/C13H19NO5S/c1-4-9(2)12(13(15)16)14-20(17,18)11-7-5-10(19-3)6-8-11/h5-9,12,14H,4H2,1-3H3,(H,15,16)/t9-,12-/m1/s1. The van der Waals surface area contributed by atoms with E-state index in [1.54, 1.807) is 6.92 Å². The number of sulfonamides is 1. The molecule has 0 bridgehead atoms. The molecule has 6 nitrogen and oxygen atoms in total. The van der Waals surface area contributed by atoms with E-state index in [2.05, 4.69) is 4.72 Å². The molecular formula is C13H19NO5S. The highest BCUT2D eigenvalue weighted by Gasteiger charge is 2.29. The molecular weight excluding hydrogens is 282 g/mol. The quantitative estimate of drug-likeness (QED) is 0.795. The molecule has 0 unspecified atom stereocenters. The summed E-state index contributed by atoms with van der Waals surface area (Å²) in [4.78, 5) is 11.2. The summed E-state index contributed by atoms with van der Waals surface area (Å²) in [7, 11) is -2.39. The number of hydrogen-bond acceptors (Lipinski definition) is 4. The van der Waals surface area contributed by atoms with E-state index in [0.717, 1.165) is 0 Å². The zero-order valence-corrected chi connectivity index (χ0v) is 12.5. The SMILES string of the molecule is CC[C@@H](C)[C@@H](NS(=O)(=O)c1ccc(OC)cc1)C(=O)O. The van der Waals surface area contributed by atoms with Crippen molar-refractivity contribution in [1.29, 1.82) is 0 Å². The van der Waals surface area contributed by atoms with Gasteiger partial charge in [0.05, 0.1) is 12.0 Å². The molecule has 0 fully saturated rings. The molecule has 0 saturated heterocycles. The van der Waals surface area contributed by atoms with Crippen LogP contribution in [0.4, 0.5) is 0 Å². The third-order valence-electron chi connectivity index (χ3n) is 3.13. The van der Waals surface area contributed by atoms with Crippen molar-refractivity contribution in [3.8, 4) is 5.75 Å². The zero-order chi connectivity index (χ0) is 15.3. The summed E-state index contributed by atoms with van der Waals surface area (Å²) in [6.45, 7) is 3.50. The van der Waals surface area contributed by atoms with Crippen LogP contribution in [0.3, 0.4) is 0 Å². The van der Waals surface area contributed by atoms with Crippen LogP contribution in [0, 0.1) is 5.92 Å². The van der Waals surface area contributed by atoms with Crippen LogP contribution in [0.5, 0.6) is 5.75 Å². The van der Waals surface area contributed by atoms with Crippen LogP contribution in [0.15, 0.2) is 29.2 Å². The van der Waals surface area contributed by atoms with Crippen molar-refractivity contribution in [1.82, 2.24) is 4.72 Å². The Balaban J connectivity index is 3.00. The molecule has 0 aliphatic carbocycles. The summed E-state index contributed by atoms with van der Waals surface area (Å²) in [5.74, 6) is -0.961. The molecule has 0 saturated carbocycles. The molecule has 0 spiro atoms. The van der Waals surface area contributed by atoms with E-state index < -0.39 is 22.0 Å². The van der Waals surface area contributed by atoms with Crippen molar-refractivity contribution in [3.63, 3.8) is 0 Å². The number of carbonyl (C=O) groups is 1. The molecule has 0 aliphatic heterocycles. The van der Waals surface area contributed by atoms with Crippen molar-refractivity contribution in [2.24, 2.45) is 5.92 Å². The molecule has 20 heavy (non-hydrogen) atoms. The van der Waals surface area contributed by atoms with E-state index in [1.807, 2.05) is 6.92 Å². The maximum Gasteiger partial charge on any atom is 0.322 e. The Morgan fingerprint density at radius 2 is 1.90 bits per heavy atom. The van der Waals surface area contributed by atoms with Gasteiger partial charge < -0.3 is 9.84 Å². The Kier molecular flexibility index (Phi) is 5.52. The lowest BCUT2D eigenvalue weighted by molar-refractivity contribution is -0.140. The van der Waals surface area contributed by atoms with E-state index in [4.69, 9.17) is 9.84 Å². The van der Waals surface area contributed by atoms with Gasteiger partial charge in [-0.05, 0) is 30.2 Å². The van der Waals surface area contributed by atoms with Gasteiger partial charge in [-0.2, -0.15) is 4.72 Å². The number of benzene rings is 1. The molecule has 1 aromatic carbocycles. The smallest absolute Gasteiger partial charge is 0.322 e. The van der Waals surface area contributed by atoms with Gasteiger partial charge in [-0.3, -0.25) is 4.79 Å². The number of ether oxygens (including phenoxy) is 1. The lowest BCUT2D eigenvalue weighted by Gasteiger charge is -2.20. The van der Waals surface area contributed by atoms with Crippen molar-refractivity contribution in [2.75, 3.05) is 7.11 Å². The number of nitrogens with one attached hydrogen (secondary N) is 1. The van der Waals surface area contributed by atoms with Gasteiger partial charge >= 0.3 is 5.97 Å². The van der Waals surface area contributed by atoms with E-state index in [0.29, 0.717) is 12.2 Å². The fourth-order valence-corrected chi connectivity index (χ4v) is 2.93. The Labute approximate surface area is 118 Å². The first kappa shape index (κ1) is 16.5. The molecule has 0 amide bonds. The van der Waals surface area contributed by atoms with Crippen LogP contribution >= 0.6 is 0 Å². The van der Waals surface area contributed by atoms with E-state index >= 15 is 0 Å². The van der Waals surface area contributed by atoms with Gasteiger partial charge in [0, 0.05) is 0 Å². The predicted molar refractivity (Wildman–Crippen MR) is 74.2 cm³/mol. The molecule has 1 rings (SSSR count). The molecule has 7 heteroatoms. The van der Waals surface area contributed by atoms with Crippen LogP contribution < -0.4 is 9.46 Å². The average Bonchev–Trinajstić information content (AvgIpc) is 2.43. The van der Waals surface area contributed by atoms with Crippen LogP contribution in [-0.4, -0.2) is 32.6 Å². The number of carboxylic acid groups (broad SMARTS) is 1. The number of carboxylic acids is 1. The monoisotopic (exact) mass is 301 g/mol. The van der Waals surface area contributed by atoms with Crippen LogP contribution in [0.25, 0.3) is 0 Å². The van der Waals surface area contributed by atoms with Crippen molar-refractivity contribution in [2.45, 2.75) is 31.2 Å². The minimum atomic E-state index is -3.87. The molecule has 2 N–H and O–H groups in total. The number of hydrogen-bond donors (Lipinski definition) is 2. The largest absolute Gasteiger partial charge is 0.497 e. The van der Waals surface area contributed by atoms with Crippen LogP contribution in [0.2, 0.25) is 0 Å². The minimum Gasteiger partial charge on any atom is -0.497 e. The lowest BCUT2D eigenvalue weighted by Crippen LogP contribution is -2.44. The van der Waals surface area contributed by atoms with Crippen molar-refractivity contribution in [3.05, 3.63) is 24.3 Å².